The average molecular weight is 326 g/mol. The molecule has 0 saturated heterocycles. The first-order valence-electron chi connectivity index (χ1n) is 5.73. The van der Waals surface area contributed by atoms with E-state index in [1.807, 2.05) is 0 Å². The molecular formula is C14H9ClFNO3S. The number of nitrogens with one attached hydrogen (secondary N) is 1. The third-order valence-corrected chi connectivity index (χ3v) is 3.78. The van der Waals surface area contributed by atoms with Crippen LogP contribution in [0.5, 0.6) is 0 Å². The van der Waals surface area contributed by atoms with Crippen molar-refractivity contribution in [2.24, 2.45) is 0 Å². The Bertz CT molecular complexity index is 727. The number of hydrogen-bond acceptors (Lipinski definition) is 3. The Balaban J connectivity index is 2.14. The number of carboxylic acid groups (broad SMARTS) is 1. The van der Waals surface area contributed by atoms with E-state index < -0.39 is 17.7 Å². The van der Waals surface area contributed by atoms with Gasteiger partial charge in [0, 0.05) is 11.0 Å². The molecule has 1 amide bonds. The summed E-state index contributed by atoms with van der Waals surface area (Å²) in [4.78, 5) is 23.3. The molecule has 1 heterocycles. The van der Waals surface area contributed by atoms with E-state index in [1.165, 1.54) is 30.3 Å². The van der Waals surface area contributed by atoms with Crippen LogP contribution in [0.4, 0.5) is 10.1 Å². The van der Waals surface area contributed by atoms with Crippen LogP contribution in [-0.4, -0.2) is 17.0 Å². The largest absolute Gasteiger partial charge is 0.478 e. The number of carbonyl (C=O) groups excluding carboxylic acids is 1. The van der Waals surface area contributed by atoms with Gasteiger partial charge in [0.1, 0.15) is 0 Å². The van der Waals surface area contributed by atoms with E-state index in [2.05, 4.69) is 5.32 Å². The van der Waals surface area contributed by atoms with Gasteiger partial charge in [0.25, 0.3) is 5.91 Å². The highest BCUT2D eigenvalue weighted by molar-refractivity contribution is 7.15. The number of halogens is 2. The van der Waals surface area contributed by atoms with Crippen molar-refractivity contribution in [1.29, 1.82) is 0 Å². The van der Waals surface area contributed by atoms with Gasteiger partial charge >= 0.3 is 5.97 Å². The number of anilines is 1. The Hall–Kier alpha value is -2.18. The third kappa shape index (κ3) is 3.90. The molecule has 0 spiro atoms. The zero-order chi connectivity index (χ0) is 15.4. The molecule has 21 heavy (non-hydrogen) atoms. The molecule has 2 aromatic rings. The summed E-state index contributed by atoms with van der Waals surface area (Å²) in [5.74, 6) is -2.26. The number of amides is 1. The summed E-state index contributed by atoms with van der Waals surface area (Å²) in [5, 5.41) is 10.9. The van der Waals surface area contributed by atoms with Crippen molar-refractivity contribution in [1.82, 2.24) is 0 Å². The van der Waals surface area contributed by atoms with Gasteiger partial charge in [-0.25, -0.2) is 9.18 Å². The lowest BCUT2D eigenvalue weighted by Crippen LogP contribution is -2.11. The monoisotopic (exact) mass is 325 g/mol. The summed E-state index contributed by atoms with van der Waals surface area (Å²) in [6, 6.07) is 7.44. The molecule has 0 bridgehead atoms. The minimum Gasteiger partial charge on any atom is -0.478 e. The summed E-state index contributed by atoms with van der Waals surface area (Å²) in [6.45, 7) is 0. The van der Waals surface area contributed by atoms with E-state index >= 15 is 0 Å². The smallest absolute Gasteiger partial charge is 0.328 e. The van der Waals surface area contributed by atoms with Gasteiger partial charge in [-0.3, -0.25) is 4.79 Å². The maximum Gasteiger partial charge on any atom is 0.328 e. The number of aliphatic carboxylic acids is 1. The first-order valence-corrected chi connectivity index (χ1v) is 6.93. The summed E-state index contributed by atoms with van der Waals surface area (Å²) in [7, 11) is 0. The lowest BCUT2D eigenvalue weighted by molar-refractivity contribution is -0.131. The fourth-order valence-electron chi connectivity index (χ4n) is 1.50. The molecule has 0 aliphatic rings. The normalized spacial score (nSPS) is 10.8. The molecule has 1 aromatic heterocycles. The molecule has 108 valence electrons. The number of benzene rings is 1. The summed E-state index contributed by atoms with van der Waals surface area (Å²) in [5.41, 5.74) is -0.0106. The van der Waals surface area contributed by atoms with E-state index in [0.717, 1.165) is 17.4 Å². The number of thiophene rings is 1. The predicted octanol–water partition coefficient (Wildman–Crippen LogP) is 3.89. The quantitative estimate of drug-likeness (QED) is 0.838. The van der Waals surface area contributed by atoms with Gasteiger partial charge in [0.2, 0.25) is 0 Å². The highest BCUT2D eigenvalue weighted by Gasteiger charge is 2.12. The van der Waals surface area contributed by atoms with Crippen LogP contribution >= 0.6 is 22.9 Å². The van der Waals surface area contributed by atoms with Crippen molar-refractivity contribution in [3.05, 3.63) is 57.0 Å². The second-order valence-electron chi connectivity index (χ2n) is 3.93. The Kier molecular flexibility index (Phi) is 4.72. The maximum absolute atomic E-state index is 13.7. The first-order chi connectivity index (χ1) is 9.97. The lowest BCUT2D eigenvalue weighted by atomic mass is 10.3. The van der Waals surface area contributed by atoms with E-state index in [1.54, 1.807) is 6.07 Å². The summed E-state index contributed by atoms with van der Waals surface area (Å²) >= 11 is 6.72. The van der Waals surface area contributed by atoms with Crippen LogP contribution in [0.1, 0.15) is 14.5 Å². The molecule has 4 nitrogen and oxygen atoms in total. The van der Waals surface area contributed by atoms with Crippen LogP contribution in [0.25, 0.3) is 6.08 Å². The Morgan fingerprint density at radius 1 is 1.29 bits per heavy atom. The topological polar surface area (TPSA) is 66.4 Å². The highest BCUT2D eigenvalue weighted by Crippen LogP contribution is 2.24. The Morgan fingerprint density at radius 2 is 2.05 bits per heavy atom. The van der Waals surface area contributed by atoms with Gasteiger partial charge < -0.3 is 10.4 Å². The van der Waals surface area contributed by atoms with Crippen molar-refractivity contribution in [2.45, 2.75) is 0 Å². The van der Waals surface area contributed by atoms with E-state index in [-0.39, 0.29) is 10.7 Å². The van der Waals surface area contributed by atoms with Gasteiger partial charge in [-0.1, -0.05) is 17.7 Å². The SMILES string of the molecule is O=C(O)C=Cc1ccc(C(=O)Nc2cccc(Cl)c2F)s1. The molecular weight excluding hydrogens is 317 g/mol. The molecule has 0 aliphatic carbocycles. The molecule has 1 aromatic carbocycles. The van der Waals surface area contributed by atoms with Gasteiger partial charge in [-0.05, 0) is 30.3 Å². The highest BCUT2D eigenvalue weighted by atomic mass is 35.5. The first kappa shape index (κ1) is 15.2. The van der Waals surface area contributed by atoms with Crippen LogP contribution in [0.15, 0.2) is 36.4 Å². The van der Waals surface area contributed by atoms with Gasteiger partial charge in [-0.2, -0.15) is 0 Å². The van der Waals surface area contributed by atoms with Crippen LogP contribution in [0.2, 0.25) is 5.02 Å². The molecule has 7 heteroatoms. The molecule has 0 aliphatic heterocycles. The minimum absolute atomic E-state index is 0.0106. The Labute approximate surface area is 128 Å². The number of carboxylic acids is 1. The second-order valence-corrected chi connectivity index (χ2v) is 5.45. The molecule has 0 radical (unpaired) electrons. The molecule has 0 atom stereocenters. The third-order valence-electron chi connectivity index (χ3n) is 2.44. The van der Waals surface area contributed by atoms with E-state index in [4.69, 9.17) is 16.7 Å². The summed E-state index contributed by atoms with van der Waals surface area (Å²) < 4.78 is 13.7. The predicted molar refractivity (Wildman–Crippen MR) is 80.4 cm³/mol. The molecule has 0 fully saturated rings. The fourth-order valence-corrected chi connectivity index (χ4v) is 2.48. The zero-order valence-electron chi connectivity index (χ0n) is 10.5. The second kappa shape index (κ2) is 6.51. The average Bonchev–Trinajstić information content (AvgIpc) is 2.90. The van der Waals surface area contributed by atoms with Crippen molar-refractivity contribution >= 4 is 46.6 Å². The van der Waals surface area contributed by atoms with E-state index in [9.17, 15) is 14.0 Å². The Morgan fingerprint density at radius 3 is 2.76 bits per heavy atom. The van der Waals surface area contributed by atoms with Crippen LogP contribution < -0.4 is 5.32 Å². The van der Waals surface area contributed by atoms with Crippen molar-refractivity contribution in [2.75, 3.05) is 5.32 Å². The standard InChI is InChI=1S/C14H9ClFNO3S/c15-9-2-1-3-10(13(9)16)17-14(20)11-6-4-8(21-11)5-7-12(18)19/h1-7H,(H,17,20)(H,18,19). The lowest BCUT2D eigenvalue weighted by Gasteiger charge is -2.05. The van der Waals surface area contributed by atoms with Gasteiger partial charge in [-0.15, -0.1) is 11.3 Å². The molecule has 2 rings (SSSR count). The molecule has 0 saturated carbocycles. The zero-order valence-corrected chi connectivity index (χ0v) is 12.0. The molecule has 2 N–H and O–H groups in total. The number of rotatable bonds is 4. The number of hydrogen-bond donors (Lipinski definition) is 2. The van der Waals surface area contributed by atoms with Crippen molar-refractivity contribution in [3.63, 3.8) is 0 Å². The van der Waals surface area contributed by atoms with Crippen molar-refractivity contribution < 1.29 is 19.1 Å². The van der Waals surface area contributed by atoms with Gasteiger partial charge in [0.15, 0.2) is 5.82 Å². The van der Waals surface area contributed by atoms with Crippen molar-refractivity contribution in [3.8, 4) is 0 Å². The number of carbonyl (C=O) groups is 2. The van der Waals surface area contributed by atoms with Crippen LogP contribution in [0, 0.1) is 5.82 Å². The van der Waals surface area contributed by atoms with Crippen LogP contribution in [-0.2, 0) is 4.79 Å². The minimum atomic E-state index is -1.07. The van der Waals surface area contributed by atoms with Gasteiger partial charge in [0.05, 0.1) is 15.6 Å². The fraction of sp³-hybridized carbons (Fsp3) is 0. The molecule has 0 unspecified atom stereocenters. The van der Waals surface area contributed by atoms with Crippen LogP contribution in [0.3, 0.4) is 0 Å². The summed E-state index contributed by atoms with van der Waals surface area (Å²) in [6.07, 6.45) is 2.36. The van der Waals surface area contributed by atoms with E-state index in [0.29, 0.717) is 9.75 Å². The maximum atomic E-state index is 13.7.